The molecule has 1 aromatic carbocycles. The molecule has 0 N–H and O–H groups in total. The van der Waals surface area contributed by atoms with E-state index < -0.39 is 0 Å². The fraction of sp³-hybridized carbons (Fsp3) is 0.200. The molecule has 1 aromatic heterocycles. The highest BCUT2D eigenvalue weighted by Crippen LogP contribution is 2.22. The van der Waals surface area contributed by atoms with Gasteiger partial charge in [-0.05, 0) is 30.7 Å². The van der Waals surface area contributed by atoms with Crippen LogP contribution in [0, 0.1) is 5.92 Å². The lowest BCUT2D eigenvalue weighted by atomic mass is 10.1. The van der Waals surface area contributed by atoms with Gasteiger partial charge in [-0.2, -0.15) is 0 Å². The Balaban J connectivity index is 1.38. The van der Waals surface area contributed by atoms with Crippen molar-refractivity contribution >= 4 is 47.2 Å². The van der Waals surface area contributed by atoms with Crippen molar-refractivity contribution in [3.8, 4) is 0 Å². The Labute approximate surface area is 171 Å². The first kappa shape index (κ1) is 18.9. The third kappa shape index (κ3) is 4.07. The molecular weight excluding hydrogens is 394 g/mol. The standard InChI is InChI=1S/C20H16ClN5O3/c21-15-10-23-20(24-11-15)22-9-13-7-8-25(12-13)19(29)14-1-3-16(4-2-14)26-17(27)5-6-18(26)28/h1-6,9-11,13H,7-8,12H2. The van der Waals surface area contributed by atoms with Crippen LogP contribution in [0.3, 0.4) is 0 Å². The summed E-state index contributed by atoms with van der Waals surface area (Å²) in [4.78, 5) is 51.3. The highest BCUT2D eigenvalue weighted by molar-refractivity contribution is 6.30. The zero-order valence-electron chi connectivity index (χ0n) is 15.2. The number of carbonyl (C=O) groups is 3. The van der Waals surface area contributed by atoms with E-state index in [0.717, 1.165) is 11.3 Å². The minimum Gasteiger partial charge on any atom is -0.338 e. The number of anilines is 1. The minimum atomic E-state index is -0.389. The lowest BCUT2D eigenvalue weighted by molar-refractivity contribution is -0.119. The molecule has 2 aromatic rings. The van der Waals surface area contributed by atoms with Crippen molar-refractivity contribution in [3.63, 3.8) is 0 Å². The van der Waals surface area contributed by atoms with E-state index in [-0.39, 0.29) is 23.6 Å². The summed E-state index contributed by atoms with van der Waals surface area (Å²) >= 11 is 5.75. The summed E-state index contributed by atoms with van der Waals surface area (Å²) in [5, 5.41) is 0.447. The van der Waals surface area contributed by atoms with E-state index in [1.165, 1.54) is 24.5 Å². The molecule has 1 saturated heterocycles. The summed E-state index contributed by atoms with van der Waals surface area (Å²) in [7, 11) is 0. The normalized spacial score (nSPS) is 19.0. The fourth-order valence-corrected chi connectivity index (χ4v) is 3.33. The van der Waals surface area contributed by atoms with Crippen molar-refractivity contribution in [2.75, 3.05) is 18.0 Å². The molecule has 0 bridgehead atoms. The van der Waals surface area contributed by atoms with Crippen LogP contribution in [-0.4, -0.2) is 51.9 Å². The molecule has 146 valence electrons. The average molecular weight is 410 g/mol. The second kappa shape index (κ2) is 7.92. The Kier molecular flexibility index (Phi) is 5.18. The molecule has 3 heterocycles. The lowest BCUT2D eigenvalue weighted by Crippen LogP contribution is -2.30. The van der Waals surface area contributed by atoms with Crippen LogP contribution >= 0.6 is 11.6 Å². The molecule has 1 unspecified atom stereocenters. The summed E-state index contributed by atoms with van der Waals surface area (Å²) in [6.07, 6.45) is 7.97. The predicted octanol–water partition coefficient (Wildman–Crippen LogP) is 2.42. The number of imide groups is 1. The van der Waals surface area contributed by atoms with Gasteiger partial charge in [0.05, 0.1) is 23.1 Å². The van der Waals surface area contributed by atoms with Crippen molar-refractivity contribution in [2.45, 2.75) is 6.42 Å². The summed E-state index contributed by atoms with van der Waals surface area (Å²) in [5.41, 5.74) is 0.940. The van der Waals surface area contributed by atoms with Crippen LogP contribution in [0.15, 0.2) is 53.8 Å². The quantitative estimate of drug-likeness (QED) is 0.570. The summed E-state index contributed by atoms with van der Waals surface area (Å²) in [6.45, 7) is 1.16. The van der Waals surface area contributed by atoms with Crippen molar-refractivity contribution < 1.29 is 14.4 Å². The SMILES string of the molecule is O=C(c1ccc(N2C(=O)C=CC2=O)cc1)N1CCC(C=Nc2ncc(Cl)cn2)C1. The predicted molar refractivity (Wildman–Crippen MR) is 107 cm³/mol. The summed E-state index contributed by atoms with van der Waals surface area (Å²) < 4.78 is 0. The number of nitrogens with zero attached hydrogens (tertiary/aromatic N) is 5. The Morgan fingerprint density at radius 1 is 1.10 bits per heavy atom. The van der Waals surface area contributed by atoms with E-state index >= 15 is 0 Å². The molecule has 4 rings (SSSR count). The molecule has 0 spiro atoms. The largest absolute Gasteiger partial charge is 0.338 e. The molecule has 3 amide bonds. The smallest absolute Gasteiger partial charge is 0.258 e. The van der Waals surface area contributed by atoms with Gasteiger partial charge in [0.25, 0.3) is 17.7 Å². The minimum absolute atomic E-state index is 0.104. The molecule has 29 heavy (non-hydrogen) atoms. The van der Waals surface area contributed by atoms with Crippen molar-refractivity contribution in [1.29, 1.82) is 0 Å². The number of rotatable bonds is 4. The van der Waals surface area contributed by atoms with Crippen molar-refractivity contribution in [1.82, 2.24) is 14.9 Å². The van der Waals surface area contributed by atoms with Crippen LogP contribution in [0.5, 0.6) is 0 Å². The van der Waals surface area contributed by atoms with Gasteiger partial charge in [-0.1, -0.05) is 11.6 Å². The third-order valence-corrected chi connectivity index (χ3v) is 4.90. The van der Waals surface area contributed by atoms with E-state index in [9.17, 15) is 14.4 Å². The third-order valence-electron chi connectivity index (χ3n) is 4.70. The van der Waals surface area contributed by atoms with Gasteiger partial charge in [-0.15, -0.1) is 0 Å². The van der Waals surface area contributed by atoms with E-state index in [2.05, 4.69) is 15.0 Å². The lowest BCUT2D eigenvalue weighted by Gasteiger charge is -2.17. The van der Waals surface area contributed by atoms with Crippen LogP contribution in [0.4, 0.5) is 11.6 Å². The molecule has 9 heteroatoms. The summed E-state index contributed by atoms with van der Waals surface area (Å²) in [5.74, 6) is -0.438. The summed E-state index contributed by atoms with van der Waals surface area (Å²) in [6, 6.07) is 6.45. The zero-order valence-corrected chi connectivity index (χ0v) is 16.0. The Morgan fingerprint density at radius 2 is 1.76 bits per heavy atom. The highest BCUT2D eigenvalue weighted by atomic mass is 35.5. The number of hydrogen-bond donors (Lipinski definition) is 0. The van der Waals surface area contributed by atoms with Gasteiger partial charge in [0.2, 0.25) is 5.95 Å². The second-order valence-corrected chi connectivity index (χ2v) is 7.11. The maximum atomic E-state index is 12.7. The number of halogens is 1. The van der Waals surface area contributed by atoms with E-state index in [1.807, 2.05) is 0 Å². The first-order valence-electron chi connectivity index (χ1n) is 8.98. The number of benzene rings is 1. The number of aliphatic imine (C=N–C) groups is 1. The number of aromatic nitrogens is 2. The van der Waals surface area contributed by atoms with E-state index in [1.54, 1.807) is 35.4 Å². The maximum Gasteiger partial charge on any atom is 0.258 e. The first-order valence-corrected chi connectivity index (χ1v) is 9.36. The first-order chi connectivity index (χ1) is 14.0. The molecular formula is C20H16ClN5O3. The molecule has 1 fully saturated rings. The molecule has 1 atom stereocenters. The Hall–Kier alpha value is -3.39. The fourth-order valence-electron chi connectivity index (χ4n) is 3.23. The highest BCUT2D eigenvalue weighted by Gasteiger charge is 2.28. The topological polar surface area (TPSA) is 95.8 Å². The van der Waals surface area contributed by atoms with Crippen LogP contribution in [0.25, 0.3) is 0 Å². The van der Waals surface area contributed by atoms with Gasteiger partial charge >= 0.3 is 0 Å². The number of carbonyl (C=O) groups excluding carboxylic acids is 3. The Morgan fingerprint density at radius 3 is 2.41 bits per heavy atom. The van der Waals surface area contributed by atoms with E-state index in [4.69, 9.17) is 11.6 Å². The zero-order chi connectivity index (χ0) is 20.4. The van der Waals surface area contributed by atoms with Crippen molar-refractivity contribution in [3.05, 3.63) is 59.4 Å². The van der Waals surface area contributed by atoms with Crippen LogP contribution < -0.4 is 4.90 Å². The van der Waals surface area contributed by atoms with Crippen molar-refractivity contribution in [2.24, 2.45) is 10.9 Å². The van der Waals surface area contributed by atoms with E-state index in [0.29, 0.717) is 35.3 Å². The van der Waals surface area contributed by atoms with Gasteiger partial charge in [-0.25, -0.2) is 19.9 Å². The van der Waals surface area contributed by atoms with Gasteiger partial charge in [0.15, 0.2) is 0 Å². The van der Waals surface area contributed by atoms with Crippen LogP contribution in [-0.2, 0) is 9.59 Å². The monoisotopic (exact) mass is 409 g/mol. The molecule has 8 nitrogen and oxygen atoms in total. The van der Waals surface area contributed by atoms with Crippen LogP contribution in [0.1, 0.15) is 16.8 Å². The van der Waals surface area contributed by atoms with Crippen LogP contribution in [0.2, 0.25) is 5.02 Å². The molecule has 0 saturated carbocycles. The number of amides is 3. The molecule has 2 aliphatic rings. The van der Waals surface area contributed by atoms with Gasteiger partial charge < -0.3 is 4.90 Å². The number of likely N-dealkylation sites (tertiary alicyclic amines) is 1. The van der Waals surface area contributed by atoms with Gasteiger partial charge in [0.1, 0.15) is 0 Å². The Bertz CT molecular complexity index is 999. The van der Waals surface area contributed by atoms with Gasteiger partial charge in [0, 0.05) is 42.9 Å². The average Bonchev–Trinajstić information content (AvgIpc) is 3.34. The van der Waals surface area contributed by atoms with Gasteiger partial charge in [-0.3, -0.25) is 14.4 Å². The molecule has 0 aliphatic carbocycles. The molecule has 0 radical (unpaired) electrons. The molecule has 2 aliphatic heterocycles. The maximum absolute atomic E-state index is 12.7. The second-order valence-electron chi connectivity index (χ2n) is 6.67. The number of hydrogen-bond acceptors (Lipinski definition) is 6.